The number of anilines is 2. The minimum Gasteiger partial charge on any atom is -0.459 e. The van der Waals surface area contributed by atoms with Crippen LogP contribution in [0.1, 0.15) is 24.2 Å². The molecule has 1 N–H and O–H groups in total. The maximum absolute atomic E-state index is 11.8. The monoisotopic (exact) mass is 342 g/mol. The van der Waals surface area contributed by atoms with E-state index in [1.54, 1.807) is 38.1 Å². The Hall–Kier alpha value is -3.49. The summed E-state index contributed by atoms with van der Waals surface area (Å²) in [4.78, 5) is 22.3. The van der Waals surface area contributed by atoms with Gasteiger partial charge in [-0.3, -0.25) is 10.1 Å². The molecule has 0 unspecified atom stereocenters. The van der Waals surface area contributed by atoms with Gasteiger partial charge in [0.25, 0.3) is 0 Å². The number of carbonyl (C=O) groups is 1. The molecule has 0 amide bonds. The van der Waals surface area contributed by atoms with Crippen LogP contribution in [0.4, 0.5) is 17.1 Å². The number of aromatic nitrogens is 2. The van der Waals surface area contributed by atoms with E-state index in [0.717, 1.165) is 0 Å². The molecular formula is C16H14N4O5. The summed E-state index contributed by atoms with van der Waals surface area (Å²) in [6, 6.07) is 9.47. The van der Waals surface area contributed by atoms with Crippen molar-refractivity contribution < 1.29 is 19.1 Å². The smallest absolute Gasteiger partial charge is 0.338 e. The number of nitrogens with zero attached hydrogens (tertiary/aromatic N) is 3. The van der Waals surface area contributed by atoms with Gasteiger partial charge in [-0.25, -0.2) is 9.42 Å². The number of hydrogen-bond donors (Lipinski definition) is 1. The van der Waals surface area contributed by atoms with E-state index < -0.39 is 10.9 Å². The Kier molecular flexibility index (Phi) is 4.29. The highest BCUT2D eigenvalue weighted by Gasteiger charge is 2.19. The average Bonchev–Trinajstić information content (AvgIpc) is 3.04. The predicted octanol–water partition coefficient (Wildman–Crippen LogP) is 3.44. The summed E-state index contributed by atoms with van der Waals surface area (Å²) < 4.78 is 9.74. The topological polar surface area (TPSA) is 120 Å². The number of ether oxygens (including phenoxy) is 1. The van der Waals surface area contributed by atoms with Crippen LogP contribution in [0.2, 0.25) is 0 Å². The molecule has 0 radical (unpaired) electrons. The molecule has 25 heavy (non-hydrogen) atoms. The minimum atomic E-state index is -0.550. The molecule has 0 saturated heterocycles. The lowest BCUT2D eigenvalue weighted by Gasteiger charge is -2.09. The molecule has 128 valence electrons. The second-order valence-corrected chi connectivity index (χ2v) is 5.51. The first kappa shape index (κ1) is 16.4. The van der Waals surface area contributed by atoms with Crippen molar-refractivity contribution in [3.8, 4) is 0 Å². The molecule has 0 atom stereocenters. The maximum Gasteiger partial charge on any atom is 0.338 e. The van der Waals surface area contributed by atoms with Crippen LogP contribution in [0, 0.1) is 10.1 Å². The molecular weight excluding hydrogens is 328 g/mol. The van der Waals surface area contributed by atoms with Gasteiger partial charge in [-0.2, -0.15) is 0 Å². The quantitative estimate of drug-likeness (QED) is 0.425. The number of hydrogen-bond acceptors (Lipinski definition) is 8. The highest BCUT2D eigenvalue weighted by atomic mass is 16.6. The summed E-state index contributed by atoms with van der Waals surface area (Å²) in [7, 11) is 0. The molecule has 0 bridgehead atoms. The van der Waals surface area contributed by atoms with Gasteiger partial charge in [0.1, 0.15) is 0 Å². The van der Waals surface area contributed by atoms with Crippen molar-refractivity contribution in [3.05, 3.63) is 52.1 Å². The van der Waals surface area contributed by atoms with E-state index in [1.165, 1.54) is 12.1 Å². The predicted molar refractivity (Wildman–Crippen MR) is 88.7 cm³/mol. The third-order valence-electron chi connectivity index (χ3n) is 3.33. The largest absolute Gasteiger partial charge is 0.459 e. The first-order valence-electron chi connectivity index (χ1n) is 7.43. The molecule has 0 aliphatic heterocycles. The van der Waals surface area contributed by atoms with E-state index in [1.807, 2.05) is 0 Å². The lowest BCUT2D eigenvalue weighted by Crippen LogP contribution is -2.11. The Balaban J connectivity index is 1.85. The van der Waals surface area contributed by atoms with Gasteiger partial charge >= 0.3 is 11.7 Å². The zero-order valence-corrected chi connectivity index (χ0v) is 13.4. The Bertz CT molecular complexity index is 933. The minimum absolute atomic E-state index is 0.0622. The number of carbonyl (C=O) groups excluding carboxylic acids is 1. The van der Waals surface area contributed by atoms with Gasteiger partial charge in [-0.05, 0) is 54.5 Å². The average molecular weight is 342 g/mol. The van der Waals surface area contributed by atoms with Gasteiger partial charge in [-0.1, -0.05) is 0 Å². The summed E-state index contributed by atoms with van der Waals surface area (Å²) in [6.45, 7) is 3.55. The van der Waals surface area contributed by atoms with Crippen molar-refractivity contribution in [2.24, 2.45) is 0 Å². The molecule has 0 aliphatic carbocycles. The van der Waals surface area contributed by atoms with Crippen LogP contribution in [-0.4, -0.2) is 27.3 Å². The summed E-state index contributed by atoms with van der Waals surface area (Å²) in [5.74, 6) is -0.403. The molecule has 0 spiro atoms. The number of nitrogens with one attached hydrogen (secondary N) is 1. The highest BCUT2D eigenvalue weighted by molar-refractivity contribution is 5.95. The lowest BCUT2D eigenvalue weighted by atomic mass is 10.2. The number of rotatable bonds is 5. The SMILES string of the molecule is CC(C)OC(=O)c1ccc(Nc2ccc([N+](=O)[O-])c3nonc23)cc1. The van der Waals surface area contributed by atoms with Crippen LogP contribution >= 0.6 is 0 Å². The Morgan fingerprint density at radius 2 is 1.84 bits per heavy atom. The Morgan fingerprint density at radius 1 is 1.16 bits per heavy atom. The molecule has 1 aromatic heterocycles. The molecule has 2 aromatic carbocycles. The van der Waals surface area contributed by atoms with E-state index in [-0.39, 0.29) is 22.8 Å². The standard InChI is InChI=1S/C16H14N4O5/c1-9(2)24-16(21)10-3-5-11(6-4-10)17-12-7-8-13(20(22)23)15-14(12)18-25-19-15/h3-9,17H,1-2H3. The molecule has 3 aromatic rings. The number of non-ortho nitro benzene ring substituents is 1. The number of esters is 1. The Labute approximate surface area is 141 Å². The lowest BCUT2D eigenvalue weighted by molar-refractivity contribution is -0.383. The fraction of sp³-hybridized carbons (Fsp3) is 0.188. The van der Waals surface area contributed by atoms with Crippen LogP contribution in [0.25, 0.3) is 11.0 Å². The van der Waals surface area contributed by atoms with Gasteiger partial charge in [0.15, 0.2) is 5.52 Å². The Morgan fingerprint density at radius 3 is 2.48 bits per heavy atom. The van der Waals surface area contributed by atoms with Gasteiger partial charge in [0.2, 0.25) is 5.52 Å². The van der Waals surface area contributed by atoms with Crippen LogP contribution in [0.15, 0.2) is 41.0 Å². The third-order valence-corrected chi connectivity index (χ3v) is 3.33. The van der Waals surface area contributed by atoms with Crippen molar-refractivity contribution in [2.75, 3.05) is 5.32 Å². The first-order valence-corrected chi connectivity index (χ1v) is 7.43. The number of benzene rings is 2. The van der Waals surface area contributed by atoms with Crippen molar-refractivity contribution >= 4 is 34.1 Å². The number of nitro groups is 1. The van der Waals surface area contributed by atoms with E-state index in [2.05, 4.69) is 20.3 Å². The molecule has 0 saturated carbocycles. The van der Waals surface area contributed by atoms with E-state index >= 15 is 0 Å². The van der Waals surface area contributed by atoms with Crippen LogP contribution in [0.3, 0.4) is 0 Å². The van der Waals surface area contributed by atoms with Crippen molar-refractivity contribution in [1.29, 1.82) is 0 Å². The van der Waals surface area contributed by atoms with E-state index in [9.17, 15) is 14.9 Å². The van der Waals surface area contributed by atoms with Crippen molar-refractivity contribution in [3.63, 3.8) is 0 Å². The van der Waals surface area contributed by atoms with Crippen LogP contribution in [-0.2, 0) is 4.74 Å². The van der Waals surface area contributed by atoms with Crippen LogP contribution in [0.5, 0.6) is 0 Å². The number of fused-ring (bicyclic) bond motifs is 1. The highest BCUT2D eigenvalue weighted by Crippen LogP contribution is 2.30. The summed E-state index contributed by atoms with van der Waals surface area (Å²) in [5, 5.41) is 21.3. The van der Waals surface area contributed by atoms with Gasteiger partial charge in [-0.15, -0.1) is 0 Å². The second-order valence-electron chi connectivity index (χ2n) is 5.51. The molecule has 3 rings (SSSR count). The zero-order chi connectivity index (χ0) is 18.0. The third kappa shape index (κ3) is 3.39. The fourth-order valence-corrected chi connectivity index (χ4v) is 2.23. The van der Waals surface area contributed by atoms with Gasteiger partial charge in [0.05, 0.1) is 22.3 Å². The van der Waals surface area contributed by atoms with Gasteiger partial charge < -0.3 is 10.1 Å². The number of nitro benzene ring substituents is 1. The summed E-state index contributed by atoms with van der Waals surface area (Å²) >= 11 is 0. The van der Waals surface area contributed by atoms with E-state index in [0.29, 0.717) is 16.9 Å². The molecule has 9 heteroatoms. The van der Waals surface area contributed by atoms with Crippen LogP contribution < -0.4 is 5.32 Å². The summed E-state index contributed by atoms with van der Waals surface area (Å²) in [6.07, 6.45) is -0.196. The molecule has 0 aliphatic rings. The normalized spacial score (nSPS) is 10.8. The molecule has 1 heterocycles. The summed E-state index contributed by atoms with van der Waals surface area (Å²) in [5.41, 5.74) is 1.72. The van der Waals surface area contributed by atoms with E-state index in [4.69, 9.17) is 4.74 Å². The maximum atomic E-state index is 11.8. The first-order chi connectivity index (χ1) is 12.0. The zero-order valence-electron chi connectivity index (χ0n) is 13.4. The second kappa shape index (κ2) is 6.56. The van der Waals surface area contributed by atoms with Crippen molar-refractivity contribution in [2.45, 2.75) is 20.0 Å². The van der Waals surface area contributed by atoms with Crippen molar-refractivity contribution in [1.82, 2.24) is 10.3 Å². The molecule has 9 nitrogen and oxygen atoms in total. The molecule has 0 fully saturated rings. The fourth-order valence-electron chi connectivity index (χ4n) is 2.23. The van der Waals surface area contributed by atoms with Gasteiger partial charge in [0, 0.05) is 11.8 Å².